The molecule has 0 saturated carbocycles. The summed E-state index contributed by atoms with van der Waals surface area (Å²) in [5.74, 6) is 0. The zero-order chi connectivity index (χ0) is 13.1. The number of aliphatic hydroxyl groups is 1. The Morgan fingerprint density at radius 3 is 2.65 bits per heavy atom. The van der Waals surface area contributed by atoms with Gasteiger partial charge in [-0.2, -0.15) is 0 Å². The van der Waals surface area contributed by atoms with Crippen LogP contribution in [0.3, 0.4) is 0 Å². The van der Waals surface area contributed by atoms with Crippen molar-refractivity contribution in [3.63, 3.8) is 0 Å². The maximum Gasteiger partial charge on any atom is 0.408 e. The minimum Gasteiger partial charge on any atom is -0.444 e. The largest absolute Gasteiger partial charge is 0.444 e. The highest BCUT2D eigenvalue weighted by atomic mass is 32.1. The Kier molecular flexibility index (Phi) is 4.41. The summed E-state index contributed by atoms with van der Waals surface area (Å²) in [6, 6.07) is -0.289. The molecule has 1 heterocycles. The van der Waals surface area contributed by atoms with E-state index in [2.05, 4.69) is 15.5 Å². The predicted molar refractivity (Wildman–Crippen MR) is 63.6 cm³/mol. The molecule has 0 spiro atoms. The van der Waals surface area contributed by atoms with Crippen molar-refractivity contribution in [2.24, 2.45) is 0 Å². The monoisotopic (exact) mass is 259 g/mol. The van der Waals surface area contributed by atoms with Crippen molar-refractivity contribution in [1.82, 2.24) is 15.5 Å². The first-order chi connectivity index (χ1) is 7.81. The number of hydrogen-bond donors (Lipinski definition) is 2. The molecule has 0 radical (unpaired) electrons. The van der Waals surface area contributed by atoms with Gasteiger partial charge in [0.15, 0.2) is 0 Å². The van der Waals surface area contributed by atoms with Gasteiger partial charge in [0.05, 0.1) is 12.6 Å². The molecule has 7 heteroatoms. The minimum atomic E-state index is -0.527. The lowest BCUT2D eigenvalue weighted by molar-refractivity contribution is 0.0507. The Hall–Kier alpha value is -1.21. The second-order valence-electron chi connectivity index (χ2n) is 4.56. The van der Waals surface area contributed by atoms with Crippen LogP contribution in [0.25, 0.3) is 0 Å². The van der Waals surface area contributed by atoms with Crippen LogP contribution >= 0.6 is 11.3 Å². The summed E-state index contributed by atoms with van der Waals surface area (Å²) in [5, 5.41) is 20.3. The van der Waals surface area contributed by atoms with E-state index < -0.39 is 11.7 Å². The van der Waals surface area contributed by atoms with Crippen molar-refractivity contribution in [1.29, 1.82) is 0 Å². The molecule has 1 unspecified atom stereocenters. The summed E-state index contributed by atoms with van der Waals surface area (Å²) in [6.45, 7) is 7.03. The highest BCUT2D eigenvalue weighted by Gasteiger charge is 2.20. The lowest BCUT2D eigenvalue weighted by Gasteiger charge is -2.21. The van der Waals surface area contributed by atoms with Crippen molar-refractivity contribution in [3.05, 3.63) is 10.0 Å². The summed E-state index contributed by atoms with van der Waals surface area (Å²) in [4.78, 5) is 11.5. The number of aliphatic hydroxyl groups excluding tert-OH is 1. The van der Waals surface area contributed by atoms with Gasteiger partial charge < -0.3 is 15.2 Å². The average molecular weight is 259 g/mol. The van der Waals surface area contributed by atoms with E-state index in [4.69, 9.17) is 9.84 Å². The second-order valence-corrected chi connectivity index (χ2v) is 5.65. The zero-order valence-corrected chi connectivity index (χ0v) is 11.2. The number of alkyl carbamates (subject to hydrolysis) is 1. The number of nitrogens with zero attached hydrogens (tertiary/aromatic N) is 2. The van der Waals surface area contributed by atoms with Gasteiger partial charge in [-0.15, -0.1) is 10.2 Å². The molecule has 96 valence electrons. The number of ether oxygens (including phenoxy) is 1. The van der Waals surface area contributed by atoms with E-state index in [1.165, 1.54) is 11.3 Å². The Morgan fingerprint density at radius 1 is 1.53 bits per heavy atom. The van der Waals surface area contributed by atoms with Gasteiger partial charge >= 0.3 is 6.09 Å². The Balaban J connectivity index is 2.54. The van der Waals surface area contributed by atoms with Crippen molar-refractivity contribution in [2.45, 2.75) is 45.9 Å². The average Bonchev–Trinajstić information content (AvgIpc) is 2.62. The summed E-state index contributed by atoms with van der Waals surface area (Å²) in [6.07, 6.45) is -0.495. The highest BCUT2D eigenvalue weighted by Crippen LogP contribution is 2.18. The minimum absolute atomic E-state index is 0.142. The van der Waals surface area contributed by atoms with Crippen molar-refractivity contribution < 1.29 is 14.6 Å². The number of carbonyl (C=O) groups is 1. The van der Waals surface area contributed by atoms with Crippen LogP contribution in [0.15, 0.2) is 0 Å². The highest BCUT2D eigenvalue weighted by molar-refractivity contribution is 7.11. The molecule has 0 aliphatic heterocycles. The molecule has 6 nitrogen and oxygen atoms in total. The molecule has 0 aliphatic rings. The number of aromatic nitrogens is 2. The van der Waals surface area contributed by atoms with Crippen LogP contribution in [0.4, 0.5) is 4.79 Å². The van der Waals surface area contributed by atoms with Crippen LogP contribution in [0, 0.1) is 0 Å². The molecule has 1 atom stereocenters. The molecule has 1 amide bonds. The van der Waals surface area contributed by atoms with E-state index in [-0.39, 0.29) is 12.6 Å². The van der Waals surface area contributed by atoms with E-state index in [0.29, 0.717) is 10.0 Å². The van der Waals surface area contributed by atoms with Gasteiger partial charge in [0, 0.05) is 0 Å². The Labute approximate surface area is 104 Å². The summed E-state index contributed by atoms with van der Waals surface area (Å²) < 4.78 is 5.12. The number of nitrogens with one attached hydrogen (secondary N) is 1. The number of amides is 1. The second kappa shape index (κ2) is 5.42. The van der Waals surface area contributed by atoms with Gasteiger partial charge in [-0.25, -0.2) is 4.79 Å². The van der Waals surface area contributed by atoms with Gasteiger partial charge in [-0.05, 0) is 27.7 Å². The fourth-order valence-corrected chi connectivity index (χ4v) is 1.76. The lowest BCUT2D eigenvalue weighted by atomic mass is 10.2. The van der Waals surface area contributed by atoms with Crippen LogP contribution in [0.1, 0.15) is 43.8 Å². The maximum absolute atomic E-state index is 11.5. The topological polar surface area (TPSA) is 84.3 Å². The third kappa shape index (κ3) is 4.66. The van der Waals surface area contributed by atoms with Gasteiger partial charge in [0.1, 0.15) is 15.6 Å². The van der Waals surface area contributed by atoms with Crippen molar-refractivity contribution >= 4 is 17.4 Å². The molecule has 1 rings (SSSR count). The third-order valence-corrected chi connectivity index (χ3v) is 2.81. The summed E-state index contributed by atoms with van der Waals surface area (Å²) in [7, 11) is 0. The molecule has 17 heavy (non-hydrogen) atoms. The molecular formula is C10H17N3O3S. The number of hydrogen-bond acceptors (Lipinski definition) is 6. The fraction of sp³-hybridized carbons (Fsp3) is 0.700. The van der Waals surface area contributed by atoms with E-state index in [9.17, 15) is 4.79 Å². The lowest BCUT2D eigenvalue weighted by Crippen LogP contribution is -2.34. The molecule has 1 aromatic heterocycles. The van der Waals surface area contributed by atoms with E-state index in [1.54, 1.807) is 27.7 Å². The van der Waals surface area contributed by atoms with Crippen molar-refractivity contribution in [3.8, 4) is 0 Å². The van der Waals surface area contributed by atoms with Crippen molar-refractivity contribution in [2.75, 3.05) is 0 Å². The standard InChI is InChI=1S/C10H17N3O3S/c1-6(8-13-12-7(5-14)17-8)11-9(15)16-10(2,3)4/h6,14H,5H2,1-4H3,(H,11,15). The Bertz CT molecular complexity index is 386. The van der Waals surface area contributed by atoms with E-state index >= 15 is 0 Å². The first kappa shape index (κ1) is 13.9. The number of rotatable bonds is 3. The summed E-state index contributed by atoms with van der Waals surface area (Å²) in [5.41, 5.74) is -0.527. The van der Waals surface area contributed by atoms with Gasteiger partial charge in [0.2, 0.25) is 0 Å². The predicted octanol–water partition coefficient (Wildman–Crippen LogP) is 1.62. The molecule has 0 aromatic carbocycles. The molecular weight excluding hydrogens is 242 g/mol. The normalized spacial score (nSPS) is 13.2. The van der Waals surface area contributed by atoms with E-state index in [1.807, 2.05) is 0 Å². The number of carbonyl (C=O) groups excluding carboxylic acids is 1. The summed E-state index contributed by atoms with van der Waals surface area (Å²) >= 11 is 1.26. The fourth-order valence-electron chi connectivity index (χ4n) is 1.05. The maximum atomic E-state index is 11.5. The van der Waals surface area contributed by atoms with Crippen LogP contribution in [-0.2, 0) is 11.3 Å². The Morgan fingerprint density at radius 2 is 2.18 bits per heavy atom. The first-order valence-corrected chi connectivity index (χ1v) is 6.06. The molecule has 2 N–H and O–H groups in total. The third-order valence-electron chi connectivity index (χ3n) is 1.72. The first-order valence-electron chi connectivity index (χ1n) is 5.24. The molecule has 1 aromatic rings. The van der Waals surface area contributed by atoms with Gasteiger partial charge in [-0.3, -0.25) is 0 Å². The van der Waals surface area contributed by atoms with Crippen LogP contribution in [0.2, 0.25) is 0 Å². The van der Waals surface area contributed by atoms with Crippen LogP contribution in [-0.4, -0.2) is 27.0 Å². The molecule has 0 bridgehead atoms. The molecule has 0 saturated heterocycles. The van der Waals surface area contributed by atoms with Crippen LogP contribution in [0.5, 0.6) is 0 Å². The molecule has 0 aliphatic carbocycles. The van der Waals surface area contributed by atoms with E-state index in [0.717, 1.165) is 0 Å². The smallest absolute Gasteiger partial charge is 0.408 e. The van der Waals surface area contributed by atoms with Crippen LogP contribution < -0.4 is 5.32 Å². The van der Waals surface area contributed by atoms with Gasteiger partial charge in [0.25, 0.3) is 0 Å². The molecule has 0 fully saturated rings. The van der Waals surface area contributed by atoms with Gasteiger partial charge in [-0.1, -0.05) is 11.3 Å². The SMILES string of the molecule is CC(NC(=O)OC(C)(C)C)c1nnc(CO)s1. The zero-order valence-electron chi connectivity index (χ0n) is 10.4. The quantitative estimate of drug-likeness (QED) is 0.861.